The average Bonchev–Trinajstić information content (AvgIpc) is 3.31. The Morgan fingerprint density at radius 1 is 1.09 bits per heavy atom. The fourth-order valence-electron chi connectivity index (χ4n) is 8.67. The molecule has 0 saturated heterocycles. The first kappa shape index (κ1) is 20.7. The summed E-state index contributed by atoms with van der Waals surface area (Å²) < 4.78 is 5.30. The zero-order valence-corrected chi connectivity index (χ0v) is 19.4. The number of nitrogens with zero attached hydrogens (tertiary/aromatic N) is 1. The summed E-state index contributed by atoms with van der Waals surface area (Å²) in [5.41, 5.74) is 1.72. The molecule has 1 aromatic rings. The Labute approximate surface area is 190 Å². The van der Waals surface area contributed by atoms with Crippen LogP contribution < -0.4 is 4.74 Å². The van der Waals surface area contributed by atoms with Crippen LogP contribution in [0.3, 0.4) is 0 Å². The fraction of sp³-hybridized carbons (Fsp3) is 0.704. The van der Waals surface area contributed by atoms with Gasteiger partial charge in [-0.2, -0.15) is 0 Å². The van der Waals surface area contributed by atoms with Gasteiger partial charge in [0.15, 0.2) is 5.78 Å². The first-order valence-corrected chi connectivity index (χ1v) is 12.5. The van der Waals surface area contributed by atoms with E-state index in [1.54, 1.807) is 7.11 Å². The van der Waals surface area contributed by atoms with Gasteiger partial charge in [0, 0.05) is 16.9 Å². The third-order valence-electron chi connectivity index (χ3n) is 10.4. The zero-order chi connectivity index (χ0) is 22.3. The van der Waals surface area contributed by atoms with Crippen LogP contribution in [0.15, 0.2) is 29.4 Å². The number of aliphatic hydroxyl groups is 1. The van der Waals surface area contributed by atoms with E-state index in [1.807, 2.05) is 24.3 Å². The van der Waals surface area contributed by atoms with Crippen molar-refractivity contribution in [2.75, 3.05) is 7.11 Å². The summed E-state index contributed by atoms with van der Waals surface area (Å²) >= 11 is 0. The molecule has 6 rings (SSSR count). The van der Waals surface area contributed by atoms with Gasteiger partial charge in [0.1, 0.15) is 23.5 Å². The molecule has 32 heavy (non-hydrogen) atoms. The van der Waals surface area contributed by atoms with Crippen molar-refractivity contribution >= 4 is 11.5 Å². The highest BCUT2D eigenvalue weighted by molar-refractivity contribution is 6.17. The van der Waals surface area contributed by atoms with Crippen molar-refractivity contribution in [2.24, 2.45) is 45.6 Å². The van der Waals surface area contributed by atoms with Crippen molar-refractivity contribution in [3.63, 3.8) is 0 Å². The number of methoxy groups -OCH3 is 1. The maximum atomic E-state index is 13.9. The molecule has 0 amide bonds. The Balaban J connectivity index is 1.32. The second kappa shape index (κ2) is 7.06. The highest BCUT2D eigenvalue weighted by atomic mass is 16.6. The van der Waals surface area contributed by atoms with Crippen LogP contribution in [0.25, 0.3) is 0 Å². The number of aliphatic hydroxyl groups excluding tert-OH is 1. The number of carbonyl (C=O) groups excluding carboxylic acids is 1. The van der Waals surface area contributed by atoms with Gasteiger partial charge in [-0.05, 0) is 92.4 Å². The van der Waals surface area contributed by atoms with Crippen molar-refractivity contribution in [1.82, 2.24) is 0 Å². The molecule has 0 aromatic heterocycles. The molecule has 4 saturated carbocycles. The number of oxime groups is 1. The van der Waals surface area contributed by atoms with E-state index in [0.29, 0.717) is 23.5 Å². The molecule has 4 fully saturated rings. The van der Waals surface area contributed by atoms with E-state index < -0.39 is 0 Å². The first-order valence-electron chi connectivity index (χ1n) is 12.5. The number of hydrogen-bond acceptors (Lipinski definition) is 5. The molecule has 1 N–H and O–H groups in total. The molecule has 0 spiro atoms. The highest BCUT2D eigenvalue weighted by Crippen LogP contribution is 2.67. The summed E-state index contributed by atoms with van der Waals surface area (Å²) in [6.45, 7) is 4.69. The largest absolute Gasteiger partial charge is 0.497 e. The Bertz CT molecular complexity index is 957. The van der Waals surface area contributed by atoms with Crippen LogP contribution in [0, 0.1) is 40.4 Å². The molecule has 5 heteroatoms. The number of rotatable bonds is 2. The number of fused-ring (bicyclic) bond motifs is 7. The van der Waals surface area contributed by atoms with E-state index in [0.717, 1.165) is 55.5 Å². The molecule has 1 aliphatic heterocycles. The minimum atomic E-state index is -0.318. The van der Waals surface area contributed by atoms with Crippen LogP contribution in [0.4, 0.5) is 0 Å². The molecule has 172 valence electrons. The zero-order valence-electron chi connectivity index (χ0n) is 19.4. The van der Waals surface area contributed by atoms with Crippen LogP contribution in [0.2, 0.25) is 0 Å². The highest BCUT2D eigenvalue weighted by Gasteiger charge is 2.69. The normalized spacial score (nSPS) is 46.9. The van der Waals surface area contributed by atoms with E-state index >= 15 is 0 Å². The lowest BCUT2D eigenvalue weighted by atomic mass is 9.45. The van der Waals surface area contributed by atoms with Crippen molar-refractivity contribution in [2.45, 2.75) is 71.0 Å². The quantitative estimate of drug-likeness (QED) is 0.734. The summed E-state index contributed by atoms with van der Waals surface area (Å²) in [4.78, 5) is 20.0. The fourth-order valence-corrected chi connectivity index (χ4v) is 8.67. The Morgan fingerprint density at radius 3 is 2.62 bits per heavy atom. The molecule has 4 aliphatic carbocycles. The van der Waals surface area contributed by atoms with Gasteiger partial charge in [-0.15, -0.1) is 0 Å². The standard InChI is InChI=1S/C27H35NO4/c1-26-12-10-17(29)14-16(26)6-9-19-20(26)11-13-27(2)22(19)24-21(25(27)30)23(28-32-24)15-4-7-18(31-3)8-5-15/h4-5,7-8,16-17,19-22,24,29H,6,9-14H2,1-3H3/t16-,17-,19+,20-,21-,22+,24+,26-,27-/m0/s1. The number of ether oxygens (including phenoxy) is 1. The maximum Gasteiger partial charge on any atom is 0.152 e. The van der Waals surface area contributed by atoms with Crippen LogP contribution in [-0.4, -0.2) is 35.9 Å². The third-order valence-corrected chi connectivity index (χ3v) is 10.4. The number of hydrogen-bond donors (Lipinski definition) is 1. The van der Waals surface area contributed by atoms with Gasteiger partial charge in [0.25, 0.3) is 0 Å². The number of Topliss-reactive ketones (excluding diaryl/α,β-unsaturated/α-hetero) is 1. The van der Waals surface area contributed by atoms with Gasteiger partial charge in [0.05, 0.1) is 13.2 Å². The minimum absolute atomic E-state index is 0.130. The molecule has 1 heterocycles. The summed E-state index contributed by atoms with van der Waals surface area (Å²) in [5, 5.41) is 14.8. The summed E-state index contributed by atoms with van der Waals surface area (Å²) in [6, 6.07) is 7.83. The van der Waals surface area contributed by atoms with Crippen LogP contribution in [0.1, 0.15) is 64.4 Å². The number of ketones is 1. The van der Waals surface area contributed by atoms with Gasteiger partial charge in [0.2, 0.25) is 0 Å². The third kappa shape index (κ3) is 2.66. The van der Waals surface area contributed by atoms with E-state index in [2.05, 4.69) is 19.0 Å². The molecule has 5 nitrogen and oxygen atoms in total. The smallest absolute Gasteiger partial charge is 0.152 e. The molecule has 5 aliphatic rings. The molecule has 0 radical (unpaired) electrons. The Morgan fingerprint density at radius 2 is 1.88 bits per heavy atom. The molecule has 9 atom stereocenters. The summed E-state index contributed by atoms with van der Waals surface area (Å²) in [5.74, 6) is 2.86. The molecule has 0 unspecified atom stereocenters. The SMILES string of the molecule is COc1ccc(C2=NO[C@@H]3[C@H]2C(=O)[C@@]2(C)CC[C@H]4[C@@H](CC[C@H]5C[C@@H](O)CC[C@@]54C)[C@H]32)cc1. The van der Waals surface area contributed by atoms with E-state index in [-0.39, 0.29) is 34.9 Å². The van der Waals surface area contributed by atoms with Crippen molar-refractivity contribution < 1.29 is 19.5 Å². The lowest BCUT2D eigenvalue weighted by molar-refractivity contribution is -0.151. The molecular weight excluding hydrogens is 402 g/mol. The van der Waals surface area contributed by atoms with Gasteiger partial charge in [-0.1, -0.05) is 19.0 Å². The van der Waals surface area contributed by atoms with Crippen LogP contribution in [-0.2, 0) is 9.63 Å². The van der Waals surface area contributed by atoms with E-state index in [1.165, 1.54) is 6.42 Å². The van der Waals surface area contributed by atoms with Crippen LogP contribution in [0.5, 0.6) is 5.75 Å². The molecular formula is C27H35NO4. The summed E-state index contributed by atoms with van der Waals surface area (Å²) in [7, 11) is 1.66. The average molecular weight is 438 g/mol. The van der Waals surface area contributed by atoms with Gasteiger partial charge in [-0.25, -0.2) is 0 Å². The monoisotopic (exact) mass is 437 g/mol. The minimum Gasteiger partial charge on any atom is -0.497 e. The van der Waals surface area contributed by atoms with Gasteiger partial charge in [-0.3, -0.25) is 4.79 Å². The van der Waals surface area contributed by atoms with E-state index in [4.69, 9.17) is 9.57 Å². The summed E-state index contributed by atoms with van der Waals surface area (Å²) in [6.07, 6.45) is 7.11. The topological polar surface area (TPSA) is 68.1 Å². The predicted octanol–water partition coefficient (Wildman–Crippen LogP) is 4.61. The lowest BCUT2D eigenvalue weighted by Gasteiger charge is -2.60. The van der Waals surface area contributed by atoms with Crippen LogP contribution >= 0.6 is 0 Å². The van der Waals surface area contributed by atoms with Gasteiger partial charge >= 0.3 is 0 Å². The van der Waals surface area contributed by atoms with Crippen molar-refractivity contribution in [3.8, 4) is 5.75 Å². The predicted molar refractivity (Wildman–Crippen MR) is 121 cm³/mol. The number of benzene rings is 1. The maximum absolute atomic E-state index is 13.9. The molecule has 0 bridgehead atoms. The van der Waals surface area contributed by atoms with Crippen molar-refractivity contribution in [1.29, 1.82) is 0 Å². The second-order valence-electron chi connectivity index (χ2n) is 11.6. The Hall–Kier alpha value is -1.88. The van der Waals surface area contributed by atoms with Crippen molar-refractivity contribution in [3.05, 3.63) is 29.8 Å². The Kier molecular flexibility index (Phi) is 4.57. The lowest BCUT2D eigenvalue weighted by Crippen LogP contribution is -2.55. The van der Waals surface area contributed by atoms with E-state index in [9.17, 15) is 9.90 Å². The second-order valence-corrected chi connectivity index (χ2v) is 11.6. The number of carbonyl (C=O) groups is 1. The molecule has 1 aromatic carbocycles. The first-order chi connectivity index (χ1) is 15.4. The van der Waals surface area contributed by atoms with Gasteiger partial charge < -0.3 is 14.7 Å².